The van der Waals surface area contributed by atoms with E-state index in [-0.39, 0.29) is 0 Å². The lowest BCUT2D eigenvalue weighted by molar-refractivity contribution is 0.363. The highest BCUT2D eigenvalue weighted by molar-refractivity contribution is 5.26. The topological polar surface area (TPSA) is 32.3 Å². The van der Waals surface area contributed by atoms with Crippen molar-refractivity contribution in [2.24, 2.45) is 11.8 Å². The van der Waals surface area contributed by atoms with Gasteiger partial charge in [0.1, 0.15) is 5.75 Å². The van der Waals surface area contributed by atoms with Crippen molar-refractivity contribution in [2.75, 3.05) is 13.1 Å². The van der Waals surface area contributed by atoms with Gasteiger partial charge in [0.15, 0.2) is 0 Å². The Balaban J connectivity index is 2.57. The molecule has 0 aliphatic heterocycles. The van der Waals surface area contributed by atoms with Crippen LogP contribution < -0.4 is 5.32 Å². The molecule has 0 aliphatic carbocycles. The van der Waals surface area contributed by atoms with Gasteiger partial charge >= 0.3 is 0 Å². The van der Waals surface area contributed by atoms with Gasteiger partial charge in [0.25, 0.3) is 0 Å². The van der Waals surface area contributed by atoms with Gasteiger partial charge in [0.2, 0.25) is 0 Å². The van der Waals surface area contributed by atoms with E-state index < -0.39 is 0 Å². The number of hydrogen-bond acceptors (Lipinski definition) is 2. The van der Waals surface area contributed by atoms with Crippen LogP contribution in [0.4, 0.5) is 0 Å². The van der Waals surface area contributed by atoms with Gasteiger partial charge in [0, 0.05) is 0 Å². The molecule has 0 bridgehead atoms. The molecule has 0 aliphatic rings. The first-order valence-electron chi connectivity index (χ1n) is 6.12. The van der Waals surface area contributed by atoms with Gasteiger partial charge < -0.3 is 10.4 Å². The first kappa shape index (κ1) is 13.0. The van der Waals surface area contributed by atoms with Crippen molar-refractivity contribution in [1.82, 2.24) is 5.32 Å². The predicted octanol–water partition coefficient (Wildman–Crippen LogP) is 2.82. The monoisotopic (exact) mass is 221 g/mol. The smallest absolute Gasteiger partial charge is 0.115 e. The zero-order chi connectivity index (χ0) is 12.0. The van der Waals surface area contributed by atoms with E-state index in [0.717, 1.165) is 19.5 Å². The number of hydrogen-bond donors (Lipinski definition) is 2. The first-order valence-corrected chi connectivity index (χ1v) is 6.12. The summed E-state index contributed by atoms with van der Waals surface area (Å²) in [6.07, 6.45) is 1.07. The molecule has 1 atom stereocenters. The Bertz CT molecular complexity index is 292. The van der Waals surface area contributed by atoms with Gasteiger partial charge in [-0.15, -0.1) is 0 Å². The molecule has 16 heavy (non-hydrogen) atoms. The summed E-state index contributed by atoms with van der Waals surface area (Å²) in [6.45, 7) is 8.76. The Morgan fingerprint density at radius 3 is 2.31 bits per heavy atom. The van der Waals surface area contributed by atoms with Crippen LogP contribution in [0.5, 0.6) is 5.75 Å². The van der Waals surface area contributed by atoms with Gasteiger partial charge in [-0.1, -0.05) is 32.9 Å². The lowest BCUT2D eigenvalue weighted by atomic mass is 9.89. The maximum atomic E-state index is 9.23. The summed E-state index contributed by atoms with van der Waals surface area (Å²) in [5.41, 5.74) is 1.30. The van der Waals surface area contributed by atoms with Gasteiger partial charge in [-0.2, -0.15) is 0 Å². The molecule has 0 saturated carbocycles. The average molecular weight is 221 g/mol. The highest BCUT2D eigenvalue weighted by Crippen LogP contribution is 2.18. The zero-order valence-corrected chi connectivity index (χ0v) is 10.5. The number of nitrogens with one attached hydrogen (secondary N) is 1. The van der Waals surface area contributed by atoms with Crippen LogP contribution in [0.2, 0.25) is 0 Å². The van der Waals surface area contributed by atoms with Crippen LogP contribution in [0.15, 0.2) is 24.3 Å². The maximum Gasteiger partial charge on any atom is 0.115 e. The zero-order valence-electron chi connectivity index (χ0n) is 10.5. The van der Waals surface area contributed by atoms with E-state index in [2.05, 4.69) is 26.1 Å². The van der Waals surface area contributed by atoms with E-state index in [1.807, 2.05) is 12.1 Å². The Morgan fingerprint density at radius 2 is 1.81 bits per heavy atom. The van der Waals surface area contributed by atoms with Crippen molar-refractivity contribution in [3.8, 4) is 5.75 Å². The first-order chi connectivity index (χ1) is 7.63. The third-order valence-electron chi connectivity index (χ3n) is 3.03. The number of rotatable bonds is 6. The molecule has 90 valence electrons. The van der Waals surface area contributed by atoms with Gasteiger partial charge in [0.05, 0.1) is 0 Å². The molecule has 0 aromatic heterocycles. The summed E-state index contributed by atoms with van der Waals surface area (Å²) in [7, 11) is 0. The Morgan fingerprint density at radius 1 is 1.19 bits per heavy atom. The van der Waals surface area contributed by atoms with E-state index in [4.69, 9.17) is 0 Å². The summed E-state index contributed by atoms with van der Waals surface area (Å²) >= 11 is 0. The molecule has 1 unspecified atom stereocenters. The molecular formula is C14H23NO. The minimum Gasteiger partial charge on any atom is -0.508 e. The predicted molar refractivity (Wildman–Crippen MR) is 68.7 cm³/mol. The third-order valence-corrected chi connectivity index (χ3v) is 3.03. The minimum atomic E-state index is 0.344. The fraction of sp³-hybridized carbons (Fsp3) is 0.571. The summed E-state index contributed by atoms with van der Waals surface area (Å²) in [6, 6.07) is 7.55. The molecule has 2 heteroatoms. The number of phenols is 1. The molecule has 0 amide bonds. The van der Waals surface area contributed by atoms with Crippen LogP contribution >= 0.6 is 0 Å². The van der Waals surface area contributed by atoms with Crippen LogP contribution in [0, 0.1) is 11.8 Å². The summed E-state index contributed by atoms with van der Waals surface area (Å²) in [5.74, 6) is 1.67. The quantitative estimate of drug-likeness (QED) is 0.774. The SMILES string of the molecule is CCNCC(Cc1ccc(O)cc1)C(C)C. The Labute approximate surface area is 98.7 Å². The summed E-state index contributed by atoms with van der Waals surface area (Å²) in [4.78, 5) is 0. The Hall–Kier alpha value is -1.02. The molecule has 0 radical (unpaired) electrons. The average Bonchev–Trinajstić information content (AvgIpc) is 2.26. The Kier molecular flexibility index (Phi) is 5.33. The molecule has 1 rings (SSSR count). The molecule has 1 aromatic carbocycles. The van der Waals surface area contributed by atoms with Crippen molar-refractivity contribution in [2.45, 2.75) is 27.2 Å². The summed E-state index contributed by atoms with van der Waals surface area (Å²) < 4.78 is 0. The molecule has 0 heterocycles. The molecule has 0 fully saturated rings. The van der Waals surface area contributed by atoms with E-state index in [9.17, 15) is 5.11 Å². The van der Waals surface area contributed by atoms with Gasteiger partial charge in [-0.3, -0.25) is 0 Å². The fourth-order valence-corrected chi connectivity index (χ4v) is 1.81. The number of aromatic hydroxyl groups is 1. The molecule has 1 aromatic rings. The maximum absolute atomic E-state index is 9.23. The van der Waals surface area contributed by atoms with Crippen molar-refractivity contribution in [3.63, 3.8) is 0 Å². The molecular weight excluding hydrogens is 198 g/mol. The lowest BCUT2D eigenvalue weighted by Crippen LogP contribution is -2.27. The standard InChI is InChI=1S/C14H23NO/c1-4-15-10-13(11(2)3)9-12-5-7-14(16)8-6-12/h5-8,11,13,15-16H,4,9-10H2,1-3H3. The second-order valence-electron chi connectivity index (χ2n) is 4.68. The second-order valence-corrected chi connectivity index (χ2v) is 4.68. The highest BCUT2D eigenvalue weighted by Gasteiger charge is 2.13. The van der Waals surface area contributed by atoms with Crippen LogP contribution in [0.25, 0.3) is 0 Å². The van der Waals surface area contributed by atoms with Crippen molar-refractivity contribution >= 4 is 0 Å². The van der Waals surface area contributed by atoms with E-state index in [1.54, 1.807) is 12.1 Å². The largest absolute Gasteiger partial charge is 0.508 e. The second kappa shape index (κ2) is 6.54. The van der Waals surface area contributed by atoms with Crippen molar-refractivity contribution in [1.29, 1.82) is 0 Å². The van der Waals surface area contributed by atoms with Crippen LogP contribution in [-0.2, 0) is 6.42 Å². The normalized spacial score (nSPS) is 13.0. The minimum absolute atomic E-state index is 0.344. The molecule has 0 saturated heterocycles. The van der Waals surface area contributed by atoms with Crippen LogP contribution in [0.3, 0.4) is 0 Å². The van der Waals surface area contributed by atoms with E-state index >= 15 is 0 Å². The number of phenolic OH excluding ortho intramolecular Hbond substituents is 1. The van der Waals surface area contributed by atoms with Crippen molar-refractivity contribution in [3.05, 3.63) is 29.8 Å². The number of benzene rings is 1. The third kappa shape index (κ3) is 4.23. The molecule has 2 nitrogen and oxygen atoms in total. The molecule has 2 N–H and O–H groups in total. The lowest BCUT2D eigenvalue weighted by Gasteiger charge is -2.21. The van der Waals surface area contributed by atoms with Crippen LogP contribution in [0.1, 0.15) is 26.3 Å². The van der Waals surface area contributed by atoms with Gasteiger partial charge in [-0.05, 0) is 49.0 Å². The van der Waals surface area contributed by atoms with Gasteiger partial charge in [-0.25, -0.2) is 0 Å². The fourth-order valence-electron chi connectivity index (χ4n) is 1.81. The summed E-state index contributed by atoms with van der Waals surface area (Å²) in [5, 5.41) is 12.6. The van der Waals surface area contributed by atoms with E-state index in [0.29, 0.717) is 17.6 Å². The van der Waals surface area contributed by atoms with Crippen molar-refractivity contribution < 1.29 is 5.11 Å². The molecule has 0 spiro atoms. The van der Waals surface area contributed by atoms with E-state index in [1.165, 1.54) is 5.56 Å². The highest BCUT2D eigenvalue weighted by atomic mass is 16.3. The van der Waals surface area contributed by atoms with Crippen LogP contribution in [-0.4, -0.2) is 18.2 Å².